The zero-order valence-corrected chi connectivity index (χ0v) is 21.3. The largest absolute Gasteiger partial charge is 0.494 e. The number of piperidine rings is 1. The standard InChI is InChI=1S/C31H34N4O2/c1-2-28(23-9-5-3-6-10-23)33-30(36)24-13-16-26-27(31(37)34-29(26)19-24)20-32-25-14-11-22(12-15-25)21-35-17-7-4-8-18-35/h3,5-6,9-16,19-20,28,34,37H,2,4,7-8,17-18,21H2,1H3,(H,33,36)/t28-/m0/s1. The normalized spacial score (nSPS) is 15.3. The minimum Gasteiger partial charge on any atom is -0.494 e. The third-order valence-electron chi connectivity index (χ3n) is 7.13. The van der Waals surface area contributed by atoms with E-state index in [1.54, 1.807) is 18.3 Å². The molecule has 3 aromatic carbocycles. The molecular weight excluding hydrogens is 460 g/mol. The van der Waals surface area contributed by atoms with Gasteiger partial charge in [0.15, 0.2) is 5.88 Å². The molecule has 5 rings (SSSR count). The summed E-state index contributed by atoms with van der Waals surface area (Å²) in [7, 11) is 0. The van der Waals surface area contributed by atoms with E-state index in [1.165, 1.54) is 37.9 Å². The summed E-state index contributed by atoms with van der Waals surface area (Å²) in [6, 6.07) is 23.6. The third kappa shape index (κ3) is 5.92. The lowest BCUT2D eigenvalue weighted by Gasteiger charge is -2.26. The molecule has 0 unspecified atom stereocenters. The Morgan fingerprint density at radius 3 is 2.54 bits per heavy atom. The molecule has 6 nitrogen and oxygen atoms in total. The van der Waals surface area contributed by atoms with Crippen molar-refractivity contribution in [2.24, 2.45) is 4.99 Å². The first-order valence-corrected chi connectivity index (χ1v) is 13.2. The summed E-state index contributed by atoms with van der Waals surface area (Å²) in [5.74, 6) is -0.111. The van der Waals surface area contributed by atoms with Crippen LogP contribution in [0.1, 0.15) is 65.7 Å². The Balaban J connectivity index is 1.28. The minimum atomic E-state index is -0.147. The Bertz CT molecular complexity index is 1370. The number of rotatable bonds is 8. The summed E-state index contributed by atoms with van der Waals surface area (Å²) < 4.78 is 0. The SMILES string of the molecule is CC[C@H](NC(=O)c1ccc2c(C=Nc3ccc(CN4CCCCC4)cc3)c(O)[nH]c2c1)c1ccccc1. The van der Waals surface area contributed by atoms with Gasteiger partial charge < -0.3 is 15.4 Å². The minimum absolute atomic E-state index is 0.0359. The summed E-state index contributed by atoms with van der Waals surface area (Å²) in [6.45, 7) is 5.39. The smallest absolute Gasteiger partial charge is 0.251 e. The van der Waals surface area contributed by atoms with Gasteiger partial charge in [0, 0.05) is 29.2 Å². The van der Waals surface area contributed by atoms with E-state index in [2.05, 4.69) is 39.2 Å². The second-order valence-electron chi connectivity index (χ2n) is 9.75. The molecule has 0 aliphatic carbocycles. The Hall–Kier alpha value is -3.90. The lowest BCUT2D eigenvalue weighted by atomic mass is 10.0. The molecule has 1 amide bonds. The van der Waals surface area contributed by atoms with Gasteiger partial charge >= 0.3 is 0 Å². The molecule has 0 saturated carbocycles. The van der Waals surface area contributed by atoms with Crippen LogP contribution in [0.5, 0.6) is 5.88 Å². The summed E-state index contributed by atoms with van der Waals surface area (Å²) in [6.07, 6.45) is 6.38. The van der Waals surface area contributed by atoms with E-state index in [4.69, 9.17) is 0 Å². The maximum Gasteiger partial charge on any atom is 0.251 e. The van der Waals surface area contributed by atoms with Crippen LogP contribution in [0.4, 0.5) is 5.69 Å². The molecule has 0 bridgehead atoms. The number of H-pyrrole nitrogens is 1. The van der Waals surface area contributed by atoms with Crippen molar-refractivity contribution >= 4 is 28.7 Å². The summed E-state index contributed by atoms with van der Waals surface area (Å²) in [5.41, 5.74) is 5.04. The van der Waals surface area contributed by atoms with Gasteiger partial charge in [-0.3, -0.25) is 14.7 Å². The van der Waals surface area contributed by atoms with E-state index in [1.807, 2.05) is 48.5 Å². The predicted molar refractivity (Wildman–Crippen MR) is 150 cm³/mol. The molecule has 3 N–H and O–H groups in total. The number of fused-ring (bicyclic) bond motifs is 1. The monoisotopic (exact) mass is 494 g/mol. The molecule has 1 aliphatic rings. The first-order chi connectivity index (χ1) is 18.1. The topological polar surface area (TPSA) is 80.7 Å². The van der Waals surface area contributed by atoms with Crippen molar-refractivity contribution in [1.82, 2.24) is 15.2 Å². The number of aromatic hydroxyl groups is 1. The van der Waals surface area contributed by atoms with E-state index < -0.39 is 0 Å². The third-order valence-corrected chi connectivity index (χ3v) is 7.13. The zero-order valence-electron chi connectivity index (χ0n) is 21.3. The van der Waals surface area contributed by atoms with E-state index in [0.717, 1.165) is 29.6 Å². The molecule has 1 atom stereocenters. The lowest BCUT2D eigenvalue weighted by molar-refractivity contribution is 0.0935. The highest BCUT2D eigenvalue weighted by Gasteiger charge is 2.16. The Morgan fingerprint density at radius 2 is 1.81 bits per heavy atom. The van der Waals surface area contributed by atoms with Gasteiger partial charge in [-0.05, 0) is 67.7 Å². The lowest BCUT2D eigenvalue weighted by Crippen LogP contribution is -2.28. The van der Waals surface area contributed by atoms with E-state index in [0.29, 0.717) is 16.6 Å². The van der Waals surface area contributed by atoms with Crippen LogP contribution < -0.4 is 5.32 Å². The van der Waals surface area contributed by atoms with Gasteiger partial charge in [0.25, 0.3) is 5.91 Å². The van der Waals surface area contributed by atoms with E-state index >= 15 is 0 Å². The number of aromatic amines is 1. The van der Waals surface area contributed by atoms with Crippen molar-refractivity contribution in [2.45, 2.75) is 45.2 Å². The number of hydrogen-bond donors (Lipinski definition) is 3. The molecule has 0 spiro atoms. The number of benzene rings is 3. The van der Waals surface area contributed by atoms with Crippen LogP contribution in [-0.2, 0) is 6.54 Å². The highest BCUT2D eigenvalue weighted by Crippen LogP contribution is 2.28. The van der Waals surface area contributed by atoms with Crippen LogP contribution in [-0.4, -0.2) is 40.2 Å². The quantitative estimate of drug-likeness (QED) is 0.245. The van der Waals surface area contributed by atoms with Gasteiger partial charge in [-0.1, -0.05) is 61.9 Å². The van der Waals surface area contributed by atoms with Gasteiger partial charge in [0.2, 0.25) is 0 Å². The number of carbonyl (C=O) groups excluding carboxylic acids is 1. The Labute approximate surface area is 218 Å². The summed E-state index contributed by atoms with van der Waals surface area (Å²) >= 11 is 0. The molecule has 6 heteroatoms. The van der Waals surface area contributed by atoms with Crippen molar-refractivity contribution in [1.29, 1.82) is 0 Å². The number of hydrogen-bond acceptors (Lipinski definition) is 4. The molecule has 4 aromatic rings. The second-order valence-corrected chi connectivity index (χ2v) is 9.75. The second kappa shape index (κ2) is 11.4. The maximum absolute atomic E-state index is 13.0. The van der Waals surface area contributed by atoms with E-state index in [9.17, 15) is 9.90 Å². The maximum atomic E-state index is 13.0. The number of carbonyl (C=O) groups is 1. The number of nitrogens with one attached hydrogen (secondary N) is 2. The van der Waals surface area contributed by atoms with Crippen molar-refractivity contribution in [2.75, 3.05) is 13.1 Å². The van der Waals surface area contributed by atoms with Crippen LogP contribution in [0.3, 0.4) is 0 Å². The van der Waals surface area contributed by atoms with Gasteiger partial charge in [-0.2, -0.15) is 0 Å². The highest BCUT2D eigenvalue weighted by molar-refractivity contribution is 6.05. The average molecular weight is 495 g/mol. The van der Waals surface area contributed by atoms with Crippen LogP contribution in [0.25, 0.3) is 10.9 Å². The van der Waals surface area contributed by atoms with Gasteiger partial charge in [0.1, 0.15) is 0 Å². The molecule has 1 fully saturated rings. The molecule has 37 heavy (non-hydrogen) atoms. The number of amides is 1. The molecule has 1 aliphatic heterocycles. The molecule has 190 valence electrons. The molecule has 1 aromatic heterocycles. The molecular formula is C31H34N4O2. The van der Waals surface area contributed by atoms with Crippen molar-refractivity contribution in [3.63, 3.8) is 0 Å². The van der Waals surface area contributed by atoms with Gasteiger partial charge in [-0.25, -0.2) is 0 Å². The van der Waals surface area contributed by atoms with E-state index in [-0.39, 0.29) is 17.8 Å². The summed E-state index contributed by atoms with van der Waals surface area (Å²) in [4.78, 5) is 23.1. The van der Waals surface area contributed by atoms with Crippen LogP contribution in [0.2, 0.25) is 0 Å². The first-order valence-electron chi connectivity index (χ1n) is 13.2. The predicted octanol–water partition coefficient (Wildman–Crippen LogP) is 6.49. The van der Waals surface area contributed by atoms with Crippen molar-refractivity contribution in [3.05, 3.63) is 95.1 Å². The number of likely N-dealkylation sites (tertiary alicyclic amines) is 1. The fourth-order valence-corrected chi connectivity index (χ4v) is 5.03. The highest BCUT2D eigenvalue weighted by atomic mass is 16.3. The Morgan fingerprint density at radius 1 is 1.05 bits per heavy atom. The zero-order chi connectivity index (χ0) is 25.6. The first kappa shape index (κ1) is 24.8. The van der Waals surface area contributed by atoms with Gasteiger partial charge in [0.05, 0.1) is 17.3 Å². The molecule has 1 saturated heterocycles. The van der Waals surface area contributed by atoms with Crippen molar-refractivity contribution in [3.8, 4) is 5.88 Å². The molecule has 0 radical (unpaired) electrons. The number of aromatic nitrogens is 1. The fourth-order valence-electron chi connectivity index (χ4n) is 5.03. The van der Waals surface area contributed by atoms with Crippen molar-refractivity contribution < 1.29 is 9.90 Å². The summed E-state index contributed by atoms with van der Waals surface area (Å²) in [5, 5.41) is 14.5. The molecule has 2 heterocycles. The number of nitrogens with zero attached hydrogens (tertiary/aromatic N) is 2. The average Bonchev–Trinajstić information content (AvgIpc) is 3.26. The Kier molecular flexibility index (Phi) is 7.66. The van der Waals surface area contributed by atoms with Crippen LogP contribution in [0, 0.1) is 0 Å². The van der Waals surface area contributed by atoms with Gasteiger partial charge in [-0.15, -0.1) is 0 Å². The fraction of sp³-hybridized carbons (Fsp3) is 0.290. The number of aliphatic imine (C=N–C) groups is 1. The van der Waals surface area contributed by atoms with Crippen LogP contribution >= 0.6 is 0 Å². The van der Waals surface area contributed by atoms with Crippen LogP contribution in [0.15, 0.2) is 77.8 Å².